The number of halogens is 2. The minimum Gasteiger partial charge on any atom is -0.348 e. The van der Waals surface area contributed by atoms with Crippen molar-refractivity contribution in [1.29, 1.82) is 0 Å². The molecule has 0 aliphatic carbocycles. The van der Waals surface area contributed by atoms with E-state index in [1.165, 1.54) is 39.5 Å². The number of rotatable bonds is 5. The third-order valence-corrected chi connectivity index (χ3v) is 5.44. The summed E-state index contributed by atoms with van der Waals surface area (Å²) >= 11 is 0. The standard InChI is InChI=1S/C25H18F2N4O2/c26-19-5-1-3-16(11-19)14-28-24(32)18-7-8-21-23(13-18)30(15-17-4-2-6-20(27)12-17)25(33)22-9-10-29-31(21)22/h1-13H,14-15H2,(H,28,32). The first-order valence-electron chi connectivity index (χ1n) is 10.3. The molecule has 0 aliphatic heterocycles. The second-order valence-corrected chi connectivity index (χ2v) is 7.67. The first kappa shape index (κ1) is 20.6. The van der Waals surface area contributed by atoms with Crippen molar-refractivity contribution in [1.82, 2.24) is 19.5 Å². The van der Waals surface area contributed by atoms with E-state index in [2.05, 4.69) is 10.4 Å². The maximum Gasteiger partial charge on any atom is 0.277 e. The van der Waals surface area contributed by atoms with Gasteiger partial charge >= 0.3 is 0 Å². The summed E-state index contributed by atoms with van der Waals surface area (Å²) in [5.74, 6) is -1.14. The van der Waals surface area contributed by atoms with Crippen molar-refractivity contribution in [2.24, 2.45) is 0 Å². The van der Waals surface area contributed by atoms with Crippen LogP contribution >= 0.6 is 0 Å². The van der Waals surface area contributed by atoms with Crippen LogP contribution in [0.15, 0.2) is 83.8 Å². The predicted molar refractivity (Wildman–Crippen MR) is 120 cm³/mol. The molecule has 8 heteroatoms. The number of carbonyl (C=O) groups is 1. The second kappa shape index (κ2) is 8.31. The molecule has 3 aromatic carbocycles. The smallest absolute Gasteiger partial charge is 0.277 e. The number of amides is 1. The van der Waals surface area contributed by atoms with Gasteiger partial charge in [-0.25, -0.2) is 13.3 Å². The maximum absolute atomic E-state index is 13.7. The molecule has 0 atom stereocenters. The SMILES string of the molecule is O=C(NCc1cccc(F)c1)c1ccc2c(c1)n(Cc1cccc(F)c1)c(=O)c1ccnn12. The van der Waals surface area contributed by atoms with Crippen molar-refractivity contribution in [3.8, 4) is 0 Å². The number of hydrogen-bond acceptors (Lipinski definition) is 3. The van der Waals surface area contributed by atoms with Gasteiger partial charge in [0.15, 0.2) is 0 Å². The Morgan fingerprint density at radius 2 is 1.58 bits per heavy atom. The summed E-state index contributed by atoms with van der Waals surface area (Å²) in [5.41, 5.74) is 2.77. The Morgan fingerprint density at radius 1 is 0.848 bits per heavy atom. The molecular weight excluding hydrogens is 426 g/mol. The molecule has 6 nitrogen and oxygen atoms in total. The van der Waals surface area contributed by atoms with Gasteiger partial charge in [0, 0.05) is 12.1 Å². The van der Waals surface area contributed by atoms with E-state index in [9.17, 15) is 18.4 Å². The molecule has 164 valence electrons. The fourth-order valence-electron chi connectivity index (χ4n) is 3.87. The van der Waals surface area contributed by atoms with Crippen molar-refractivity contribution < 1.29 is 13.6 Å². The lowest BCUT2D eigenvalue weighted by molar-refractivity contribution is 0.0951. The van der Waals surface area contributed by atoms with Crippen LogP contribution in [0.25, 0.3) is 16.6 Å². The highest BCUT2D eigenvalue weighted by Gasteiger charge is 2.15. The van der Waals surface area contributed by atoms with E-state index >= 15 is 0 Å². The largest absolute Gasteiger partial charge is 0.348 e. The molecule has 1 amide bonds. The van der Waals surface area contributed by atoms with E-state index in [1.807, 2.05) is 0 Å². The van der Waals surface area contributed by atoms with Crippen molar-refractivity contribution in [3.05, 3.63) is 118 Å². The summed E-state index contributed by atoms with van der Waals surface area (Å²) in [5, 5.41) is 7.00. The maximum atomic E-state index is 13.7. The van der Waals surface area contributed by atoms with E-state index in [0.717, 1.165) is 0 Å². The van der Waals surface area contributed by atoms with Crippen molar-refractivity contribution in [3.63, 3.8) is 0 Å². The van der Waals surface area contributed by atoms with Crippen LogP contribution in [0.4, 0.5) is 8.78 Å². The number of aromatic nitrogens is 3. The average Bonchev–Trinajstić information content (AvgIpc) is 3.30. The van der Waals surface area contributed by atoms with Gasteiger partial charge in [-0.1, -0.05) is 24.3 Å². The Hall–Kier alpha value is -4.33. The summed E-state index contributed by atoms with van der Waals surface area (Å²) < 4.78 is 30.2. The molecule has 0 spiro atoms. The van der Waals surface area contributed by atoms with E-state index in [0.29, 0.717) is 33.2 Å². The first-order chi connectivity index (χ1) is 16.0. The quantitative estimate of drug-likeness (QED) is 0.447. The molecule has 0 unspecified atom stereocenters. The summed E-state index contributed by atoms with van der Waals surface area (Å²) in [6.45, 7) is 0.284. The van der Waals surface area contributed by atoms with Gasteiger partial charge in [-0.3, -0.25) is 9.59 Å². The highest BCUT2D eigenvalue weighted by molar-refractivity contribution is 5.97. The Labute approximate surface area is 186 Å². The van der Waals surface area contributed by atoms with Crippen LogP contribution in [0.2, 0.25) is 0 Å². The third kappa shape index (κ3) is 3.98. The molecule has 2 heterocycles. The molecule has 0 fully saturated rings. The molecule has 0 aliphatic rings. The number of hydrogen-bond donors (Lipinski definition) is 1. The van der Waals surface area contributed by atoms with Gasteiger partial charge < -0.3 is 9.88 Å². The van der Waals surface area contributed by atoms with E-state index < -0.39 is 5.82 Å². The zero-order valence-corrected chi connectivity index (χ0v) is 17.3. The zero-order valence-electron chi connectivity index (χ0n) is 17.3. The minimum atomic E-state index is -0.396. The Morgan fingerprint density at radius 3 is 2.33 bits per heavy atom. The highest BCUT2D eigenvalue weighted by atomic mass is 19.1. The molecule has 5 rings (SSSR count). The number of carbonyl (C=O) groups excluding carboxylic acids is 1. The van der Waals surface area contributed by atoms with Crippen LogP contribution in [0.3, 0.4) is 0 Å². The second-order valence-electron chi connectivity index (χ2n) is 7.67. The normalized spacial score (nSPS) is 11.2. The number of fused-ring (bicyclic) bond motifs is 3. The van der Waals surface area contributed by atoms with Crippen LogP contribution in [0, 0.1) is 11.6 Å². The predicted octanol–water partition coefficient (Wildman–Crippen LogP) is 3.91. The first-order valence-corrected chi connectivity index (χ1v) is 10.3. The topological polar surface area (TPSA) is 68.4 Å². The van der Waals surface area contributed by atoms with Crippen LogP contribution in [0.5, 0.6) is 0 Å². The van der Waals surface area contributed by atoms with Crippen molar-refractivity contribution >= 4 is 22.5 Å². The molecule has 5 aromatic rings. The summed E-state index contributed by atoms with van der Waals surface area (Å²) in [6.07, 6.45) is 1.53. The molecule has 0 saturated heterocycles. The van der Waals surface area contributed by atoms with Crippen LogP contribution in [-0.2, 0) is 13.1 Å². The fraction of sp³-hybridized carbons (Fsp3) is 0.0800. The molecule has 0 saturated carbocycles. The fourth-order valence-corrected chi connectivity index (χ4v) is 3.87. The summed E-state index contributed by atoms with van der Waals surface area (Å²) in [6, 6.07) is 18.6. The van der Waals surface area contributed by atoms with Gasteiger partial charge in [0.1, 0.15) is 17.2 Å². The molecule has 2 aromatic heterocycles. The van der Waals surface area contributed by atoms with Gasteiger partial charge in [0.25, 0.3) is 11.5 Å². The van der Waals surface area contributed by atoms with Crippen LogP contribution in [-0.4, -0.2) is 20.1 Å². The van der Waals surface area contributed by atoms with E-state index in [1.54, 1.807) is 48.5 Å². The molecule has 0 bridgehead atoms. The lowest BCUT2D eigenvalue weighted by Crippen LogP contribution is -2.25. The zero-order chi connectivity index (χ0) is 22.9. The van der Waals surface area contributed by atoms with Crippen molar-refractivity contribution in [2.75, 3.05) is 0 Å². The van der Waals surface area contributed by atoms with Gasteiger partial charge in [-0.15, -0.1) is 0 Å². The molecule has 1 N–H and O–H groups in total. The Bertz CT molecular complexity index is 1570. The number of nitrogens with one attached hydrogen (secondary N) is 1. The van der Waals surface area contributed by atoms with Gasteiger partial charge in [-0.2, -0.15) is 5.10 Å². The summed E-state index contributed by atoms with van der Waals surface area (Å²) in [7, 11) is 0. The third-order valence-electron chi connectivity index (χ3n) is 5.44. The van der Waals surface area contributed by atoms with E-state index in [4.69, 9.17) is 0 Å². The Balaban J connectivity index is 1.56. The van der Waals surface area contributed by atoms with Crippen LogP contribution < -0.4 is 10.9 Å². The average molecular weight is 444 g/mol. The number of benzene rings is 3. The van der Waals surface area contributed by atoms with Crippen LogP contribution in [0.1, 0.15) is 21.5 Å². The van der Waals surface area contributed by atoms with Gasteiger partial charge in [-0.05, 0) is 59.7 Å². The van der Waals surface area contributed by atoms with Gasteiger partial charge in [0.05, 0.1) is 23.8 Å². The monoisotopic (exact) mass is 444 g/mol. The van der Waals surface area contributed by atoms with Crippen molar-refractivity contribution in [2.45, 2.75) is 13.1 Å². The molecular formula is C25H18F2N4O2. The van der Waals surface area contributed by atoms with E-state index in [-0.39, 0.29) is 30.4 Å². The minimum absolute atomic E-state index is 0.128. The lowest BCUT2D eigenvalue weighted by atomic mass is 10.1. The molecule has 33 heavy (non-hydrogen) atoms. The van der Waals surface area contributed by atoms with Gasteiger partial charge in [0.2, 0.25) is 0 Å². The summed E-state index contributed by atoms with van der Waals surface area (Å²) in [4.78, 5) is 26.0. The number of nitrogens with zero attached hydrogens (tertiary/aromatic N) is 3. The Kier molecular flexibility index (Phi) is 5.18. The molecule has 0 radical (unpaired) electrons. The lowest BCUT2D eigenvalue weighted by Gasteiger charge is -2.14. The highest BCUT2D eigenvalue weighted by Crippen LogP contribution is 2.18.